The van der Waals surface area contributed by atoms with E-state index in [-0.39, 0.29) is 18.1 Å². The quantitative estimate of drug-likeness (QED) is 0.241. The fourth-order valence-corrected chi connectivity index (χ4v) is 1.59. The average molecular weight is 325 g/mol. The molecular weight excluding hydrogens is 305 g/mol. The Morgan fingerprint density at radius 2 is 1.87 bits per heavy atom. The highest BCUT2D eigenvalue weighted by atomic mass is 19.1. The summed E-state index contributed by atoms with van der Waals surface area (Å²) in [5.74, 6) is -2.21. The van der Waals surface area contributed by atoms with Gasteiger partial charge in [-0.1, -0.05) is 12.1 Å². The Kier molecular flexibility index (Phi) is 6.87. The maximum absolute atomic E-state index is 12.9. The van der Waals surface area contributed by atoms with Crippen molar-refractivity contribution < 1.29 is 28.3 Å². The van der Waals surface area contributed by atoms with Gasteiger partial charge in [-0.2, -0.15) is 0 Å². The smallest absolute Gasteiger partial charge is 0.274 e. The molecule has 0 unspecified atom stereocenters. The third-order valence-corrected chi connectivity index (χ3v) is 2.94. The Balaban J connectivity index is 2.83. The predicted octanol–water partition coefficient (Wildman–Crippen LogP) is 2.20. The molecular formula is C16H20FNO5. The van der Waals surface area contributed by atoms with Gasteiger partial charge >= 0.3 is 0 Å². The SMILES string of the molecule is CON(Cc1ccc(F)cc1)C(=O)/C=C(/C=O)OC(C)(C)OC. The number of rotatable bonds is 8. The van der Waals surface area contributed by atoms with Gasteiger partial charge in [0.2, 0.25) is 5.79 Å². The zero-order valence-electron chi connectivity index (χ0n) is 13.5. The first-order chi connectivity index (χ1) is 10.8. The van der Waals surface area contributed by atoms with Crippen LogP contribution in [0.5, 0.6) is 0 Å². The maximum Gasteiger partial charge on any atom is 0.274 e. The number of hydrogen-bond donors (Lipinski definition) is 0. The lowest BCUT2D eigenvalue weighted by molar-refractivity contribution is -0.179. The van der Waals surface area contributed by atoms with E-state index in [9.17, 15) is 14.0 Å². The van der Waals surface area contributed by atoms with Gasteiger partial charge in [0.1, 0.15) is 5.82 Å². The van der Waals surface area contributed by atoms with Gasteiger partial charge in [0.15, 0.2) is 12.0 Å². The van der Waals surface area contributed by atoms with Gasteiger partial charge in [-0.25, -0.2) is 9.45 Å². The second kappa shape index (κ2) is 8.40. The molecule has 126 valence electrons. The topological polar surface area (TPSA) is 65.1 Å². The second-order valence-electron chi connectivity index (χ2n) is 5.05. The number of allylic oxidation sites excluding steroid dienone is 1. The zero-order chi connectivity index (χ0) is 17.5. The molecule has 1 rings (SSSR count). The summed E-state index contributed by atoms with van der Waals surface area (Å²) in [6.07, 6.45) is 1.41. The largest absolute Gasteiger partial charge is 0.459 e. The van der Waals surface area contributed by atoms with Crippen molar-refractivity contribution in [1.82, 2.24) is 5.06 Å². The second-order valence-corrected chi connectivity index (χ2v) is 5.05. The molecule has 0 aliphatic carbocycles. The van der Waals surface area contributed by atoms with Gasteiger partial charge in [0.05, 0.1) is 19.7 Å². The minimum atomic E-state index is -1.05. The van der Waals surface area contributed by atoms with Gasteiger partial charge < -0.3 is 9.47 Å². The predicted molar refractivity (Wildman–Crippen MR) is 80.3 cm³/mol. The van der Waals surface area contributed by atoms with Crippen LogP contribution in [0.3, 0.4) is 0 Å². The number of hydroxylamine groups is 2. The number of nitrogens with zero attached hydrogens (tertiary/aromatic N) is 1. The van der Waals surface area contributed by atoms with E-state index in [4.69, 9.17) is 14.3 Å². The van der Waals surface area contributed by atoms with Crippen LogP contribution < -0.4 is 0 Å². The molecule has 7 heteroatoms. The Labute approximate surface area is 134 Å². The Hall–Kier alpha value is -2.25. The minimum Gasteiger partial charge on any atom is -0.459 e. The van der Waals surface area contributed by atoms with Crippen molar-refractivity contribution in [3.63, 3.8) is 0 Å². The van der Waals surface area contributed by atoms with Crippen LogP contribution in [0.15, 0.2) is 36.1 Å². The number of methoxy groups -OCH3 is 1. The highest BCUT2D eigenvalue weighted by molar-refractivity contribution is 5.91. The van der Waals surface area contributed by atoms with Crippen LogP contribution in [-0.4, -0.2) is 37.3 Å². The van der Waals surface area contributed by atoms with Crippen LogP contribution >= 0.6 is 0 Å². The first-order valence-electron chi connectivity index (χ1n) is 6.82. The van der Waals surface area contributed by atoms with Crippen molar-refractivity contribution in [3.05, 3.63) is 47.5 Å². The molecule has 0 bridgehead atoms. The van der Waals surface area contributed by atoms with Crippen LogP contribution in [0.2, 0.25) is 0 Å². The summed E-state index contributed by atoms with van der Waals surface area (Å²) in [5.41, 5.74) is 0.667. The molecule has 6 nitrogen and oxygen atoms in total. The Morgan fingerprint density at radius 1 is 1.26 bits per heavy atom. The molecule has 0 aromatic heterocycles. The number of aldehydes is 1. The summed E-state index contributed by atoms with van der Waals surface area (Å²) in [4.78, 5) is 28.2. The molecule has 0 heterocycles. The van der Waals surface area contributed by atoms with Gasteiger partial charge in [0, 0.05) is 21.0 Å². The molecule has 1 aromatic carbocycles. The zero-order valence-corrected chi connectivity index (χ0v) is 13.5. The molecule has 0 spiro atoms. The first kappa shape index (κ1) is 18.8. The van der Waals surface area contributed by atoms with Crippen molar-refractivity contribution in [1.29, 1.82) is 0 Å². The summed E-state index contributed by atoms with van der Waals surface area (Å²) in [5, 5.41) is 1.01. The third-order valence-electron chi connectivity index (χ3n) is 2.94. The standard InChI is InChI=1S/C16H20FNO5/c1-16(2,21-3)23-14(11-19)9-15(20)18(22-4)10-12-5-7-13(17)8-6-12/h5-9,11H,10H2,1-4H3/b14-9-. The third kappa shape index (κ3) is 6.17. The summed E-state index contributed by atoms with van der Waals surface area (Å²) in [7, 11) is 2.73. The number of ether oxygens (including phenoxy) is 2. The Bertz CT molecular complexity index is 568. The molecule has 0 fully saturated rings. The van der Waals surface area contributed by atoms with Crippen LogP contribution in [0.1, 0.15) is 19.4 Å². The number of hydrogen-bond acceptors (Lipinski definition) is 5. The molecule has 0 N–H and O–H groups in total. The summed E-state index contributed by atoms with van der Waals surface area (Å²) < 4.78 is 23.2. The molecule has 0 radical (unpaired) electrons. The van der Waals surface area contributed by atoms with E-state index in [1.165, 1.54) is 38.5 Å². The van der Waals surface area contributed by atoms with Crippen LogP contribution in [0.25, 0.3) is 0 Å². The molecule has 0 aliphatic rings. The van der Waals surface area contributed by atoms with Crippen molar-refractivity contribution in [2.75, 3.05) is 14.2 Å². The molecule has 1 aromatic rings. The van der Waals surface area contributed by atoms with E-state index in [1.807, 2.05) is 0 Å². The highest BCUT2D eigenvalue weighted by Crippen LogP contribution is 2.15. The summed E-state index contributed by atoms with van der Waals surface area (Å²) in [6.45, 7) is 3.29. The van der Waals surface area contributed by atoms with Crippen molar-refractivity contribution in [3.8, 4) is 0 Å². The molecule has 0 saturated heterocycles. The number of amides is 1. The van der Waals surface area contributed by atoms with Crippen molar-refractivity contribution in [2.45, 2.75) is 26.2 Å². The van der Waals surface area contributed by atoms with Crippen LogP contribution in [0.4, 0.5) is 4.39 Å². The molecule has 0 atom stereocenters. The maximum atomic E-state index is 12.9. The van der Waals surface area contributed by atoms with E-state index in [2.05, 4.69) is 0 Å². The fourth-order valence-electron chi connectivity index (χ4n) is 1.59. The summed E-state index contributed by atoms with van der Waals surface area (Å²) >= 11 is 0. The molecule has 1 amide bonds. The van der Waals surface area contributed by atoms with E-state index in [1.54, 1.807) is 13.8 Å². The van der Waals surface area contributed by atoms with E-state index in [0.717, 1.165) is 11.1 Å². The molecule has 0 aliphatic heterocycles. The lowest BCUT2D eigenvalue weighted by Gasteiger charge is -2.24. The van der Waals surface area contributed by atoms with Crippen molar-refractivity contribution in [2.24, 2.45) is 0 Å². The highest BCUT2D eigenvalue weighted by Gasteiger charge is 2.21. The lowest BCUT2D eigenvalue weighted by Crippen LogP contribution is -2.30. The fraction of sp³-hybridized carbons (Fsp3) is 0.375. The minimum absolute atomic E-state index is 0.0892. The normalized spacial score (nSPS) is 12.0. The first-order valence-corrected chi connectivity index (χ1v) is 6.82. The van der Waals surface area contributed by atoms with E-state index >= 15 is 0 Å². The van der Waals surface area contributed by atoms with Crippen molar-refractivity contribution >= 4 is 12.2 Å². The van der Waals surface area contributed by atoms with E-state index in [0.29, 0.717) is 11.8 Å². The molecule has 23 heavy (non-hydrogen) atoms. The monoisotopic (exact) mass is 325 g/mol. The number of carbonyl (C=O) groups excluding carboxylic acids is 2. The van der Waals surface area contributed by atoms with Gasteiger partial charge in [-0.05, 0) is 17.7 Å². The molecule has 0 saturated carbocycles. The lowest BCUT2D eigenvalue weighted by atomic mass is 10.2. The van der Waals surface area contributed by atoms with Gasteiger partial charge in [0.25, 0.3) is 5.91 Å². The number of halogens is 1. The Morgan fingerprint density at radius 3 is 2.35 bits per heavy atom. The number of benzene rings is 1. The number of carbonyl (C=O) groups is 2. The average Bonchev–Trinajstić information content (AvgIpc) is 2.53. The summed E-state index contributed by atoms with van der Waals surface area (Å²) in [6, 6.07) is 5.63. The van der Waals surface area contributed by atoms with Crippen LogP contribution in [-0.2, 0) is 30.4 Å². The van der Waals surface area contributed by atoms with Crippen LogP contribution in [0, 0.1) is 5.82 Å². The van der Waals surface area contributed by atoms with E-state index < -0.39 is 11.7 Å². The van der Waals surface area contributed by atoms with Gasteiger partial charge in [-0.15, -0.1) is 0 Å². The van der Waals surface area contributed by atoms with Gasteiger partial charge in [-0.3, -0.25) is 14.4 Å².